The molecule has 2 heterocycles. The van der Waals surface area contributed by atoms with Crippen LogP contribution in [0, 0.1) is 0 Å². The second-order valence-corrected chi connectivity index (χ2v) is 10.9. The molecule has 0 atom stereocenters. The molecule has 9 heteroatoms. The molecule has 1 aromatic heterocycles. The van der Waals surface area contributed by atoms with E-state index in [-0.39, 0.29) is 17.1 Å². The number of carbonyl (C=O) groups excluding carboxylic acids is 2. The molecule has 0 bridgehead atoms. The molecule has 0 saturated carbocycles. The Hall–Kier alpha value is -3.69. The molecule has 0 radical (unpaired) electrons. The van der Waals surface area contributed by atoms with Gasteiger partial charge in [-0.3, -0.25) is 9.59 Å². The Bertz CT molecular complexity index is 1340. The number of thiazole rings is 1. The van der Waals surface area contributed by atoms with Gasteiger partial charge in [0.1, 0.15) is 5.82 Å². The van der Waals surface area contributed by atoms with Crippen LogP contribution in [-0.2, 0) is 0 Å². The number of carbonyl (C=O) groups is 2. The molecular formula is C27H29N6O2S+. The summed E-state index contributed by atoms with van der Waals surface area (Å²) in [6.45, 7) is 3.62. The minimum Gasteiger partial charge on any atom is -0.378 e. The molecular weight excluding hydrogens is 472 g/mol. The molecule has 3 aromatic rings. The average Bonchev–Trinajstić information content (AvgIpc) is 3.37. The molecule has 5 rings (SSSR count). The second-order valence-electron chi connectivity index (χ2n) is 9.93. The predicted octanol–water partition coefficient (Wildman–Crippen LogP) is 4.98. The second kappa shape index (κ2) is 9.40. The molecule has 0 amide bonds. The van der Waals surface area contributed by atoms with Crippen LogP contribution in [0.2, 0.25) is 0 Å². The zero-order chi connectivity index (χ0) is 25.4. The number of likely N-dealkylation sites (N-methyl/N-ethyl adjacent to an activating group) is 1. The van der Waals surface area contributed by atoms with Crippen molar-refractivity contribution in [1.29, 1.82) is 0 Å². The molecule has 36 heavy (non-hydrogen) atoms. The summed E-state index contributed by atoms with van der Waals surface area (Å²) in [4.78, 5) is 35.8. The maximum absolute atomic E-state index is 13.0. The van der Waals surface area contributed by atoms with Crippen molar-refractivity contribution in [2.75, 3.05) is 64.2 Å². The van der Waals surface area contributed by atoms with E-state index in [4.69, 9.17) is 4.98 Å². The van der Waals surface area contributed by atoms with Gasteiger partial charge in [0.15, 0.2) is 11.6 Å². The number of benzene rings is 2. The summed E-state index contributed by atoms with van der Waals surface area (Å²) in [7, 11) is 8.41. The van der Waals surface area contributed by atoms with E-state index in [0.717, 1.165) is 52.7 Å². The topological polar surface area (TPSA) is 78.2 Å². The first-order valence-corrected chi connectivity index (χ1v) is 12.7. The van der Waals surface area contributed by atoms with E-state index >= 15 is 0 Å². The highest BCUT2D eigenvalue weighted by Gasteiger charge is 2.34. The van der Waals surface area contributed by atoms with E-state index < -0.39 is 0 Å². The van der Waals surface area contributed by atoms with Crippen molar-refractivity contribution < 1.29 is 14.1 Å². The van der Waals surface area contributed by atoms with E-state index in [1.54, 1.807) is 30.3 Å². The lowest BCUT2D eigenvalue weighted by molar-refractivity contribution is -0.890. The van der Waals surface area contributed by atoms with Gasteiger partial charge in [0.2, 0.25) is 5.13 Å². The maximum Gasteiger partial charge on any atom is 0.232 e. The van der Waals surface area contributed by atoms with Crippen LogP contribution in [0.25, 0.3) is 6.08 Å². The quantitative estimate of drug-likeness (QED) is 0.213. The SMILES string of the molecule is CN(C)c1ccc(N=Nc2nc(N3CC[N+](C)(C)CC3)c(C=C3C(=O)c4ccccc4C3=O)s2)cc1. The average molecular weight is 502 g/mol. The van der Waals surface area contributed by atoms with Crippen molar-refractivity contribution in [3.05, 3.63) is 70.1 Å². The van der Waals surface area contributed by atoms with Gasteiger partial charge in [-0.2, -0.15) is 4.98 Å². The fourth-order valence-electron chi connectivity index (χ4n) is 4.35. The third-order valence-electron chi connectivity index (χ3n) is 6.67. The highest BCUT2D eigenvalue weighted by atomic mass is 32.1. The van der Waals surface area contributed by atoms with Crippen molar-refractivity contribution in [2.45, 2.75) is 0 Å². The molecule has 1 aliphatic carbocycles. The number of rotatable bonds is 5. The standard InChI is InChI=1S/C27H29N6O2S/c1-31(2)19-11-9-18(10-12-19)29-30-27-28-26(32-13-15-33(3,4)16-14-32)23(36-27)17-22-24(34)20-7-5-6-8-21(20)25(22)35/h5-12,17H,13-16H2,1-4H3/q+1. The largest absolute Gasteiger partial charge is 0.378 e. The highest BCUT2D eigenvalue weighted by molar-refractivity contribution is 7.16. The summed E-state index contributed by atoms with van der Waals surface area (Å²) in [5.74, 6) is 0.270. The van der Waals surface area contributed by atoms with Gasteiger partial charge in [-0.1, -0.05) is 35.6 Å². The molecule has 1 aliphatic heterocycles. The van der Waals surface area contributed by atoms with Gasteiger partial charge < -0.3 is 14.3 Å². The molecule has 0 N–H and O–H groups in total. The predicted molar refractivity (Wildman–Crippen MR) is 144 cm³/mol. The Morgan fingerprint density at radius 3 is 2.14 bits per heavy atom. The van der Waals surface area contributed by atoms with Gasteiger partial charge >= 0.3 is 0 Å². The lowest BCUT2D eigenvalue weighted by Gasteiger charge is -2.39. The molecule has 184 valence electrons. The minimum absolute atomic E-state index is 0.178. The van der Waals surface area contributed by atoms with E-state index in [0.29, 0.717) is 16.3 Å². The maximum atomic E-state index is 13.0. The minimum atomic E-state index is -0.240. The van der Waals surface area contributed by atoms with Crippen LogP contribution in [-0.4, -0.2) is 75.4 Å². The van der Waals surface area contributed by atoms with Crippen LogP contribution >= 0.6 is 11.3 Å². The summed E-state index contributed by atoms with van der Waals surface area (Å²) in [5.41, 5.74) is 2.90. The number of azo groups is 1. The van der Waals surface area contributed by atoms with Crippen molar-refractivity contribution in [1.82, 2.24) is 4.98 Å². The lowest BCUT2D eigenvalue weighted by atomic mass is 10.1. The first kappa shape index (κ1) is 24.0. The van der Waals surface area contributed by atoms with E-state index in [2.05, 4.69) is 29.2 Å². The molecule has 0 spiro atoms. The highest BCUT2D eigenvalue weighted by Crippen LogP contribution is 2.37. The Labute approximate surface area is 214 Å². The van der Waals surface area contributed by atoms with Crippen molar-refractivity contribution >= 4 is 51.3 Å². The van der Waals surface area contributed by atoms with Crippen LogP contribution in [0.15, 0.2) is 64.3 Å². The normalized spacial score (nSPS) is 17.1. The Morgan fingerprint density at radius 2 is 1.56 bits per heavy atom. The third-order valence-corrected chi connectivity index (χ3v) is 7.55. The first-order chi connectivity index (χ1) is 17.2. The van der Waals surface area contributed by atoms with Gasteiger partial charge in [0, 0.05) is 30.9 Å². The number of ketones is 2. The fraction of sp³-hybridized carbons (Fsp3) is 0.296. The van der Waals surface area contributed by atoms with Crippen molar-refractivity contribution in [3.63, 3.8) is 0 Å². The lowest BCUT2D eigenvalue weighted by Crippen LogP contribution is -2.55. The number of piperazine rings is 1. The van der Waals surface area contributed by atoms with E-state index in [1.807, 2.05) is 43.3 Å². The van der Waals surface area contributed by atoms with Gasteiger partial charge in [0.25, 0.3) is 0 Å². The molecule has 2 aliphatic rings. The number of anilines is 2. The number of hydrogen-bond acceptors (Lipinski definition) is 8. The molecule has 8 nitrogen and oxygen atoms in total. The van der Waals surface area contributed by atoms with Gasteiger partial charge in [-0.15, -0.1) is 10.2 Å². The van der Waals surface area contributed by atoms with Crippen molar-refractivity contribution in [3.8, 4) is 0 Å². The molecule has 1 fully saturated rings. The van der Waals surface area contributed by atoms with Crippen LogP contribution in [0.5, 0.6) is 0 Å². The summed E-state index contributed by atoms with van der Waals surface area (Å²) in [6, 6.07) is 14.8. The van der Waals surface area contributed by atoms with Crippen LogP contribution < -0.4 is 9.80 Å². The number of quaternary nitrogens is 1. The Kier molecular flexibility index (Phi) is 6.27. The Morgan fingerprint density at radius 1 is 0.944 bits per heavy atom. The number of nitrogens with zero attached hydrogens (tertiary/aromatic N) is 6. The Balaban J connectivity index is 1.49. The number of fused-ring (bicyclic) bond motifs is 1. The molecule has 0 unspecified atom stereocenters. The summed E-state index contributed by atoms with van der Waals surface area (Å²) in [5, 5.41) is 9.26. The zero-order valence-electron chi connectivity index (χ0n) is 20.9. The number of allylic oxidation sites excluding steroid dienone is 1. The fourth-order valence-corrected chi connectivity index (χ4v) is 5.20. The first-order valence-electron chi connectivity index (χ1n) is 11.9. The van der Waals surface area contributed by atoms with Gasteiger partial charge in [-0.05, 0) is 30.3 Å². The number of aromatic nitrogens is 1. The summed E-state index contributed by atoms with van der Waals surface area (Å²) < 4.78 is 0.943. The van der Waals surface area contributed by atoms with Gasteiger partial charge in [-0.25, -0.2) is 0 Å². The smallest absolute Gasteiger partial charge is 0.232 e. The summed E-state index contributed by atoms with van der Waals surface area (Å²) in [6.07, 6.45) is 1.69. The van der Waals surface area contributed by atoms with Crippen LogP contribution in [0.1, 0.15) is 25.6 Å². The van der Waals surface area contributed by atoms with Gasteiger partial charge in [0.05, 0.1) is 56.4 Å². The van der Waals surface area contributed by atoms with E-state index in [1.165, 1.54) is 11.3 Å². The van der Waals surface area contributed by atoms with Crippen molar-refractivity contribution in [2.24, 2.45) is 10.2 Å². The van der Waals surface area contributed by atoms with Crippen LogP contribution in [0.4, 0.5) is 22.3 Å². The van der Waals surface area contributed by atoms with E-state index in [9.17, 15) is 9.59 Å². The molecule has 2 aromatic carbocycles. The molecule has 1 saturated heterocycles. The number of hydrogen-bond donors (Lipinski definition) is 0. The number of Topliss-reactive ketones (excluding diaryl/α,β-unsaturated/α-hetero) is 2. The van der Waals surface area contributed by atoms with Crippen LogP contribution in [0.3, 0.4) is 0 Å². The zero-order valence-corrected chi connectivity index (χ0v) is 21.7. The monoisotopic (exact) mass is 501 g/mol. The third kappa shape index (κ3) is 4.72. The summed E-state index contributed by atoms with van der Waals surface area (Å²) >= 11 is 1.34.